The zero-order chi connectivity index (χ0) is 15.6. The molecule has 21 heavy (non-hydrogen) atoms. The number of carbonyl (C=O) groups excluding carboxylic acids is 1. The number of halogens is 1. The van der Waals surface area contributed by atoms with E-state index < -0.39 is 6.04 Å². The Morgan fingerprint density at radius 2 is 2.19 bits per heavy atom. The topological polar surface area (TPSA) is 85.8 Å². The molecule has 0 spiro atoms. The number of amides is 1. The number of nitrogens with zero attached hydrogens (tertiary/aromatic N) is 3. The van der Waals surface area contributed by atoms with Crippen molar-refractivity contribution >= 4 is 23.2 Å². The lowest BCUT2D eigenvalue weighted by Crippen LogP contribution is -2.25. The van der Waals surface area contributed by atoms with E-state index in [4.69, 9.17) is 17.3 Å². The van der Waals surface area contributed by atoms with E-state index >= 15 is 0 Å². The normalized spacial score (nSPS) is 12.2. The van der Waals surface area contributed by atoms with E-state index in [1.54, 1.807) is 17.7 Å². The lowest BCUT2D eigenvalue weighted by Gasteiger charge is -2.14. The number of benzene rings is 1. The maximum Gasteiger partial charge on any atom is 0.249 e. The first-order valence-electron chi connectivity index (χ1n) is 6.61. The number of aromatic nitrogens is 3. The molecular weight excluding hydrogens is 290 g/mol. The number of rotatable bonds is 4. The van der Waals surface area contributed by atoms with Gasteiger partial charge in [0.2, 0.25) is 5.91 Å². The average Bonchev–Trinajstić information content (AvgIpc) is 2.83. The summed E-state index contributed by atoms with van der Waals surface area (Å²) in [5.41, 5.74) is 8.66. The van der Waals surface area contributed by atoms with Crippen LogP contribution in [0.4, 0.5) is 5.69 Å². The number of nitrogens with two attached hydrogens (primary N) is 1. The van der Waals surface area contributed by atoms with Gasteiger partial charge in [0.1, 0.15) is 6.04 Å². The summed E-state index contributed by atoms with van der Waals surface area (Å²) in [6, 6.07) is 4.90. The smallest absolute Gasteiger partial charge is 0.249 e. The fourth-order valence-corrected chi connectivity index (χ4v) is 2.14. The Balaban J connectivity index is 2.15. The van der Waals surface area contributed by atoms with Gasteiger partial charge in [-0.05, 0) is 38.5 Å². The van der Waals surface area contributed by atoms with Gasteiger partial charge in [-0.15, -0.1) is 5.10 Å². The molecule has 1 unspecified atom stereocenters. The fraction of sp³-hybridized carbons (Fsp3) is 0.357. The maximum absolute atomic E-state index is 12.3. The minimum absolute atomic E-state index is 0.188. The molecule has 0 radical (unpaired) electrons. The van der Waals surface area contributed by atoms with E-state index in [1.807, 2.05) is 26.0 Å². The molecule has 1 atom stereocenters. The third kappa shape index (κ3) is 3.22. The number of anilines is 1. The number of hydrogen-bond acceptors (Lipinski definition) is 4. The van der Waals surface area contributed by atoms with Gasteiger partial charge in [0.05, 0.1) is 11.4 Å². The van der Waals surface area contributed by atoms with Crippen molar-refractivity contribution < 1.29 is 4.79 Å². The van der Waals surface area contributed by atoms with Gasteiger partial charge in [-0.1, -0.05) is 22.9 Å². The molecule has 0 aliphatic heterocycles. The van der Waals surface area contributed by atoms with Crippen molar-refractivity contribution in [3.63, 3.8) is 0 Å². The number of hydrogen-bond donors (Lipinski definition) is 2. The third-order valence-corrected chi connectivity index (χ3v) is 3.81. The van der Waals surface area contributed by atoms with Gasteiger partial charge in [-0.3, -0.25) is 4.79 Å². The minimum Gasteiger partial charge on any atom is -0.325 e. The van der Waals surface area contributed by atoms with E-state index in [0.717, 1.165) is 11.3 Å². The van der Waals surface area contributed by atoms with Crippen LogP contribution in [0.5, 0.6) is 0 Å². The Kier molecular flexibility index (Phi) is 4.59. The van der Waals surface area contributed by atoms with E-state index in [0.29, 0.717) is 22.9 Å². The Labute approximate surface area is 128 Å². The highest BCUT2D eigenvalue weighted by Gasteiger charge is 2.20. The summed E-state index contributed by atoms with van der Waals surface area (Å²) >= 11 is 6.05. The van der Waals surface area contributed by atoms with Crippen molar-refractivity contribution in [2.45, 2.75) is 33.4 Å². The van der Waals surface area contributed by atoms with E-state index in [2.05, 4.69) is 15.6 Å². The van der Waals surface area contributed by atoms with Gasteiger partial charge in [-0.25, -0.2) is 4.68 Å². The minimum atomic E-state index is -0.488. The quantitative estimate of drug-likeness (QED) is 0.906. The van der Waals surface area contributed by atoms with Crippen molar-refractivity contribution in [1.29, 1.82) is 0 Å². The highest BCUT2D eigenvalue weighted by molar-refractivity contribution is 6.31. The molecule has 0 bridgehead atoms. The van der Waals surface area contributed by atoms with Gasteiger partial charge in [0.15, 0.2) is 0 Å². The summed E-state index contributed by atoms with van der Waals surface area (Å²) in [4.78, 5) is 12.3. The van der Waals surface area contributed by atoms with Crippen molar-refractivity contribution in [2.75, 3.05) is 5.32 Å². The third-order valence-electron chi connectivity index (χ3n) is 3.40. The summed E-state index contributed by atoms with van der Waals surface area (Å²) in [5, 5.41) is 11.4. The molecule has 0 aliphatic carbocycles. The second-order valence-corrected chi connectivity index (χ2v) is 5.31. The van der Waals surface area contributed by atoms with Gasteiger partial charge in [-0.2, -0.15) is 0 Å². The van der Waals surface area contributed by atoms with Crippen LogP contribution in [0.3, 0.4) is 0 Å². The van der Waals surface area contributed by atoms with Crippen LogP contribution in [0.1, 0.15) is 29.9 Å². The Morgan fingerprint density at radius 3 is 2.76 bits per heavy atom. The molecule has 0 saturated carbocycles. The van der Waals surface area contributed by atoms with Crippen LogP contribution in [0.25, 0.3) is 0 Å². The van der Waals surface area contributed by atoms with Crippen LogP contribution < -0.4 is 11.1 Å². The number of carbonyl (C=O) groups is 1. The lowest BCUT2D eigenvalue weighted by molar-refractivity contribution is -0.119. The number of nitrogens with one attached hydrogen (secondary N) is 1. The van der Waals surface area contributed by atoms with Crippen LogP contribution in [-0.2, 0) is 11.3 Å². The van der Waals surface area contributed by atoms with Crippen LogP contribution in [0.15, 0.2) is 18.2 Å². The molecular formula is C14H18ClN5O. The Morgan fingerprint density at radius 1 is 1.48 bits per heavy atom. The van der Waals surface area contributed by atoms with Crippen molar-refractivity contribution in [3.05, 3.63) is 40.2 Å². The molecule has 0 saturated heterocycles. The van der Waals surface area contributed by atoms with Gasteiger partial charge >= 0.3 is 0 Å². The lowest BCUT2D eigenvalue weighted by atomic mass is 10.2. The van der Waals surface area contributed by atoms with Gasteiger partial charge in [0, 0.05) is 17.3 Å². The Hall–Kier alpha value is -1.92. The van der Waals surface area contributed by atoms with Crippen LogP contribution >= 0.6 is 11.6 Å². The molecule has 1 aromatic carbocycles. The summed E-state index contributed by atoms with van der Waals surface area (Å²) < 4.78 is 1.56. The molecule has 7 heteroatoms. The molecule has 1 amide bonds. The molecule has 112 valence electrons. The average molecular weight is 308 g/mol. The summed E-state index contributed by atoms with van der Waals surface area (Å²) in [5.74, 6) is -0.188. The Bertz CT molecular complexity index is 667. The monoisotopic (exact) mass is 307 g/mol. The zero-order valence-corrected chi connectivity index (χ0v) is 13.0. The van der Waals surface area contributed by atoms with Crippen LogP contribution in [0.2, 0.25) is 5.02 Å². The molecule has 0 aliphatic rings. The van der Waals surface area contributed by atoms with Gasteiger partial charge < -0.3 is 11.1 Å². The first kappa shape index (κ1) is 15.5. The van der Waals surface area contributed by atoms with Crippen LogP contribution in [-0.4, -0.2) is 20.9 Å². The largest absolute Gasteiger partial charge is 0.325 e. The van der Waals surface area contributed by atoms with E-state index in [1.165, 1.54) is 0 Å². The fourth-order valence-electron chi connectivity index (χ4n) is 1.96. The predicted octanol–water partition coefficient (Wildman–Crippen LogP) is 2.21. The number of aryl methyl sites for hydroxylation is 1. The SMILES string of the molecule is Cc1ccc(NC(=O)C(C)n2nnc(CN)c2C)cc1Cl. The van der Waals surface area contributed by atoms with Crippen molar-refractivity contribution in [1.82, 2.24) is 15.0 Å². The first-order valence-corrected chi connectivity index (χ1v) is 6.99. The molecule has 2 aromatic rings. The highest BCUT2D eigenvalue weighted by atomic mass is 35.5. The summed E-state index contributed by atoms with van der Waals surface area (Å²) in [6.07, 6.45) is 0. The molecule has 0 fully saturated rings. The molecule has 2 rings (SSSR count). The second-order valence-electron chi connectivity index (χ2n) is 4.90. The molecule has 3 N–H and O–H groups in total. The van der Waals surface area contributed by atoms with Crippen LogP contribution in [0, 0.1) is 13.8 Å². The zero-order valence-electron chi connectivity index (χ0n) is 12.2. The molecule has 1 heterocycles. The van der Waals surface area contributed by atoms with Crippen molar-refractivity contribution in [2.24, 2.45) is 5.73 Å². The highest BCUT2D eigenvalue weighted by Crippen LogP contribution is 2.21. The molecule has 1 aromatic heterocycles. The van der Waals surface area contributed by atoms with E-state index in [-0.39, 0.29) is 5.91 Å². The summed E-state index contributed by atoms with van der Waals surface area (Å²) in [6.45, 7) is 5.80. The molecule has 6 nitrogen and oxygen atoms in total. The first-order chi connectivity index (χ1) is 9.93. The maximum atomic E-state index is 12.3. The van der Waals surface area contributed by atoms with E-state index in [9.17, 15) is 4.79 Å². The standard InChI is InChI=1S/C14H18ClN5O/c1-8-4-5-11(6-12(8)15)17-14(21)10(3)20-9(2)13(7-16)18-19-20/h4-6,10H,7,16H2,1-3H3,(H,17,21). The van der Waals surface area contributed by atoms with Crippen molar-refractivity contribution in [3.8, 4) is 0 Å². The van der Waals surface area contributed by atoms with Gasteiger partial charge in [0.25, 0.3) is 0 Å². The second kappa shape index (κ2) is 6.24. The predicted molar refractivity (Wildman–Crippen MR) is 82.2 cm³/mol. The summed E-state index contributed by atoms with van der Waals surface area (Å²) in [7, 11) is 0.